The topological polar surface area (TPSA) is 96.2 Å². The molecule has 27 heavy (non-hydrogen) atoms. The minimum Gasteiger partial charge on any atom is -0.463 e. The van der Waals surface area contributed by atoms with Gasteiger partial charge in [0.2, 0.25) is 0 Å². The summed E-state index contributed by atoms with van der Waals surface area (Å²) in [6.45, 7) is 2.21. The van der Waals surface area contributed by atoms with E-state index in [1.54, 1.807) is 0 Å². The van der Waals surface area contributed by atoms with E-state index in [0.29, 0.717) is 6.42 Å². The average Bonchev–Trinajstić information content (AvgIpc) is 2.63. The van der Waals surface area contributed by atoms with Gasteiger partial charge in [-0.1, -0.05) is 64.0 Å². The van der Waals surface area contributed by atoms with Gasteiger partial charge in [0.05, 0.1) is 12.7 Å². The van der Waals surface area contributed by atoms with Gasteiger partial charge >= 0.3 is 13.3 Å². The van der Waals surface area contributed by atoms with Crippen molar-refractivity contribution >= 4 is 13.3 Å². The number of rotatable bonds is 19. The smallest absolute Gasteiger partial charge is 0.463 e. The highest BCUT2D eigenvalue weighted by atomic mass is 16.6. The maximum atomic E-state index is 11.4. The summed E-state index contributed by atoms with van der Waals surface area (Å²) in [5.74, 6) is -0.276. The molecule has 0 heterocycles. The van der Waals surface area contributed by atoms with Gasteiger partial charge in [-0.25, -0.2) is 0 Å². The van der Waals surface area contributed by atoms with Crippen LogP contribution in [-0.2, 0) is 14.2 Å². The van der Waals surface area contributed by atoms with Crippen LogP contribution < -0.4 is 0 Å². The highest BCUT2D eigenvalue weighted by Crippen LogP contribution is 2.10. The zero-order valence-electron chi connectivity index (χ0n) is 17.0. The number of esters is 1. The first kappa shape index (κ1) is 26.1. The van der Waals surface area contributed by atoms with E-state index in [9.17, 15) is 9.90 Å². The Kier molecular flexibility index (Phi) is 19.2. The first-order valence-corrected chi connectivity index (χ1v) is 10.5. The van der Waals surface area contributed by atoms with Gasteiger partial charge in [-0.3, -0.25) is 4.79 Å². The highest BCUT2D eigenvalue weighted by Gasteiger charge is 2.08. The van der Waals surface area contributed by atoms with Crippen molar-refractivity contribution in [3.8, 4) is 0 Å². The quantitative estimate of drug-likeness (QED) is 0.136. The number of aliphatic hydroxyl groups excluding tert-OH is 1. The third kappa shape index (κ3) is 21.3. The van der Waals surface area contributed by atoms with E-state index < -0.39 is 7.32 Å². The molecule has 0 bridgehead atoms. The summed E-state index contributed by atoms with van der Waals surface area (Å²) in [5.41, 5.74) is 0. The molecule has 0 aromatic rings. The maximum absolute atomic E-state index is 11.4. The summed E-state index contributed by atoms with van der Waals surface area (Å²) in [6, 6.07) is 0. The Morgan fingerprint density at radius 1 is 0.963 bits per heavy atom. The number of aliphatic hydroxyl groups is 1. The number of allylic oxidation sites excluding steroid dienone is 1. The molecule has 0 fully saturated rings. The molecule has 0 unspecified atom stereocenters. The number of carbonyl (C=O) groups excluding carboxylic acids is 1. The van der Waals surface area contributed by atoms with Crippen LogP contribution in [-0.4, -0.2) is 47.8 Å². The number of carbonyl (C=O) groups is 1. The van der Waals surface area contributed by atoms with Gasteiger partial charge in [-0.2, -0.15) is 0 Å². The second-order valence-corrected chi connectivity index (χ2v) is 6.93. The standard InChI is InChI=1S/C20H39BO6/c1-2-3-4-11-14-19(22)15-12-9-7-5-6-8-10-13-16-20(23)26-17-18-27-21(24)25/h9,12,19,22,24-25H,2-8,10-11,13-18H2,1H3/b12-9-/t19-/m1/s1. The number of ether oxygens (including phenoxy) is 1. The van der Waals surface area contributed by atoms with Gasteiger partial charge in [0.25, 0.3) is 0 Å². The molecule has 0 amide bonds. The molecular weight excluding hydrogens is 347 g/mol. The van der Waals surface area contributed by atoms with Crippen molar-refractivity contribution in [1.29, 1.82) is 0 Å². The van der Waals surface area contributed by atoms with Gasteiger partial charge in [-0.15, -0.1) is 0 Å². The van der Waals surface area contributed by atoms with Crippen LogP contribution in [0.25, 0.3) is 0 Å². The lowest BCUT2D eigenvalue weighted by atomic mass is 10.1. The minimum atomic E-state index is -1.82. The van der Waals surface area contributed by atoms with E-state index in [4.69, 9.17) is 14.8 Å². The largest absolute Gasteiger partial charge is 0.634 e. The van der Waals surface area contributed by atoms with Crippen LogP contribution in [0.4, 0.5) is 0 Å². The van der Waals surface area contributed by atoms with E-state index in [2.05, 4.69) is 23.7 Å². The lowest BCUT2D eigenvalue weighted by Gasteiger charge is -2.07. The van der Waals surface area contributed by atoms with Crippen molar-refractivity contribution in [1.82, 2.24) is 0 Å². The zero-order valence-corrected chi connectivity index (χ0v) is 17.0. The molecular formula is C20H39BO6. The second-order valence-electron chi connectivity index (χ2n) is 6.93. The molecule has 7 heteroatoms. The predicted octanol–water partition coefficient (Wildman–Crippen LogP) is 3.52. The molecule has 0 aromatic heterocycles. The van der Waals surface area contributed by atoms with Crippen molar-refractivity contribution in [2.75, 3.05) is 13.2 Å². The number of hydrogen-bond acceptors (Lipinski definition) is 6. The Balaban J connectivity index is 3.33. The molecule has 0 aromatic carbocycles. The van der Waals surface area contributed by atoms with Crippen LogP contribution in [0.3, 0.4) is 0 Å². The normalized spacial score (nSPS) is 12.4. The Morgan fingerprint density at radius 3 is 2.41 bits per heavy atom. The molecule has 3 N–H and O–H groups in total. The summed E-state index contributed by atoms with van der Waals surface area (Å²) in [4.78, 5) is 11.4. The monoisotopic (exact) mass is 386 g/mol. The van der Waals surface area contributed by atoms with Crippen LogP contribution in [0.15, 0.2) is 12.2 Å². The third-order valence-corrected chi connectivity index (χ3v) is 4.33. The van der Waals surface area contributed by atoms with Crippen molar-refractivity contribution < 1.29 is 29.3 Å². The number of unbranched alkanes of at least 4 members (excludes halogenated alkanes) is 8. The van der Waals surface area contributed by atoms with E-state index in [1.165, 1.54) is 19.3 Å². The van der Waals surface area contributed by atoms with Crippen molar-refractivity contribution in [2.45, 2.75) is 96.5 Å². The summed E-state index contributed by atoms with van der Waals surface area (Å²) in [7, 11) is -1.82. The molecule has 0 aliphatic carbocycles. The second kappa shape index (κ2) is 19.9. The molecule has 0 saturated heterocycles. The van der Waals surface area contributed by atoms with Crippen molar-refractivity contribution in [2.24, 2.45) is 0 Å². The van der Waals surface area contributed by atoms with E-state index in [1.807, 2.05) is 0 Å². The molecule has 0 radical (unpaired) electrons. The minimum absolute atomic E-state index is 0.0210. The first-order chi connectivity index (χ1) is 13.1. The Bertz CT molecular complexity index is 362. The Morgan fingerprint density at radius 2 is 1.67 bits per heavy atom. The van der Waals surface area contributed by atoms with Crippen LogP contribution in [0.2, 0.25) is 0 Å². The first-order valence-electron chi connectivity index (χ1n) is 10.5. The molecule has 158 valence electrons. The third-order valence-electron chi connectivity index (χ3n) is 4.33. The molecule has 0 saturated carbocycles. The maximum Gasteiger partial charge on any atom is 0.634 e. The summed E-state index contributed by atoms with van der Waals surface area (Å²) in [5, 5.41) is 26.8. The predicted molar refractivity (Wildman–Crippen MR) is 108 cm³/mol. The van der Waals surface area contributed by atoms with E-state index in [-0.39, 0.29) is 25.3 Å². The van der Waals surface area contributed by atoms with Crippen LogP contribution >= 0.6 is 0 Å². The molecule has 0 spiro atoms. The fraction of sp³-hybridized carbons (Fsp3) is 0.850. The highest BCUT2D eigenvalue weighted by molar-refractivity contribution is 6.32. The van der Waals surface area contributed by atoms with Crippen molar-refractivity contribution in [3.63, 3.8) is 0 Å². The fourth-order valence-corrected chi connectivity index (χ4v) is 2.74. The van der Waals surface area contributed by atoms with Gasteiger partial charge in [0.1, 0.15) is 6.61 Å². The summed E-state index contributed by atoms with van der Waals surface area (Å²) >= 11 is 0. The van der Waals surface area contributed by atoms with E-state index >= 15 is 0 Å². The molecule has 0 aliphatic heterocycles. The van der Waals surface area contributed by atoms with Gasteiger partial charge in [0, 0.05) is 6.42 Å². The van der Waals surface area contributed by atoms with Crippen LogP contribution in [0.1, 0.15) is 90.4 Å². The fourth-order valence-electron chi connectivity index (χ4n) is 2.74. The summed E-state index contributed by atoms with van der Waals surface area (Å²) < 4.78 is 9.35. The van der Waals surface area contributed by atoms with Crippen LogP contribution in [0.5, 0.6) is 0 Å². The lowest BCUT2D eigenvalue weighted by molar-refractivity contribution is -0.144. The Labute approximate surface area is 165 Å². The van der Waals surface area contributed by atoms with E-state index in [0.717, 1.165) is 57.8 Å². The number of hydrogen-bond donors (Lipinski definition) is 3. The molecule has 0 aliphatic rings. The average molecular weight is 386 g/mol. The SMILES string of the molecule is CCCCCC[C@@H](O)C/C=C\CCCCCCCC(=O)OCCOB(O)O. The molecule has 0 rings (SSSR count). The van der Waals surface area contributed by atoms with Gasteiger partial charge in [-0.05, 0) is 32.1 Å². The molecule has 1 atom stereocenters. The van der Waals surface area contributed by atoms with Crippen LogP contribution in [0, 0.1) is 0 Å². The lowest BCUT2D eigenvalue weighted by Crippen LogP contribution is -2.20. The van der Waals surface area contributed by atoms with Crippen molar-refractivity contribution in [3.05, 3.63) is 12.2 Å². The van der Waals surface area contributed by atoms with Gasteiger partial charge < -0.3 is 24.5 Å². The van der Waals surface area contributed by atoms with Gasteiger partial charge in [0.15, 0.2) is 0 Å². The Hall–Kier alpha value is -0.885. The zero-order chi connectivity index (χ0) is 20.2. The summed E-state index contributed by atoms with van der Waals surface area (Å²) in [6.07, 6.45) is 17.2. The molecule has 6 nitrogen and oxygen atoms in total.